The van der Waals surface area contributed by atoms with E-state index in [2.05, 4.69) is 21.8 Å². The van der Waals surface area contributed by atoms with Gasteiger partial charge in [0.25, 0.3) is 0 Å². The Hall–Kier alpha value is -3.99. The third-order valence-corrected chi connectivity index (χ3v) is 7.47. The van der Waals surface area contributed by atoms with Gasteiger partial charge in [-0.05, 0) is 31.1 Å². The highest BCUT2D eigenvalue weighted by molar-refractivity contribution is 5.85. The van der Waals surface area contributed by atoms with Crippen molar-refractivity contribution in [2.75, 3.05) is 52.6 Å². The predicted molar refractivity (Wildman–Crippen MR) is 149 cm³/mol. The molecule has 0 spiro atoms. The van der Waals surface area contributed by atoms with Crippen molar-refractivity contribution in [1.82, 2.24) is 29.9 Å². The van der Waals surface area contributed by atoms with Crippen LogP contribution in [0.15, 0.2) is 54.5 Å². The second-order valence-corrected chi connectivity index (χ2v) is 10.2. The van der Waals surface area contributed by atoms with Crippen molar-refractivity contribution in [3.63, 3.8) is 0 Å². The minimum Gasteiger partial charge on any atom is -0.384 e. The Morgan fingerprint density at radius 2 is 1.95 bits per heavy atom. The Morgan fingerprint density at radius 1 is 1.23 bits per heavy atom. The Labute approximate surface area is 230 Å². The van der Waals surface area contributed by atoms with Crippen LogP contribution in [0.2, 0.25) is 0 Å². The number of pyridine rings is 1. The molecule has 1 atom stereocenters. The van der Waals surface area contributed by atoms with Crippen LogP contribution in [0.3, 0.4) is 0 Å². The van der Waals surface area contributed by atoms with Crippen LogP contribution in [0.25, 0.3) is 0 Å². The Kier molecular flexibility index (Phi) is 10.4. The fourth-order valence-corrected chi connectivity index (χ4v) is 4.78. The van der Waals surface area contributed by atoms with Gasteiger partial charge in [0, 0.05) is 71.4 Å². The molecule has 0 aliphatic carbocycles. The molecule has 2 aliphatic heterocycles. The monoisotopic (exact) mass is 537 g/mol. The van der Waals surface area contributed by atoms with E-state index in [0.717, 1.165) is 23.4 Å². The van der Waals surface area contributed by atoms with Gasteiger partial charge in [-0.15, -0.1) is 0 Å². The lowest BCUT2D eigenvalue weighted by Gasteiger charge is -2.46. The van der Waals surface area contributed by atoms with Crippen LogP contribution in [-0.2, 0) is 19.2 Å². The number of anilines is 1. The van der Waals surface area contributed by atoms with E-state index in [1.165, 1.54) is 0 Å². The quantitative estimate of drug-likeness (QED) is 0.265. The van der Waals surface area contributed by atoms with Crippen LogP contribution < -0.4 is 11.1 Å². The van der Waals surface area contributed by atoms with E-state index < -0.39 is 0 Å². The SMILES string of the molecule is C=C/C=C\C(=C(/CN1CC(C(=O)N2CC(c3ccc(N)nc3)C2)C1)N(C)C=O)N(C)C(C)CCC(=O)NC=O. The number of allylic oxidation sites excluding steroid dienone is 3. The van der Waals surface area contributed by atoms with E-state index >= 15 is 0 Å². The van der Waals surface area contributed by atoms with Crippen molar-refractivity contribution in [3.8, 4) is 0 Å². The lowest BCUT2D eigenvalue weighted by molar-refractivity contribution is -0.145. The molecule has 4 amide bonds. The summed E-state index contributed by atoms with van der Waals surface area (Å²) in [4.78, 5) is 58.8. The van der Waals surface area contributed by atoms with E-state index in [-0.39, 0.29) is 36.1 Å². The van der Waals surface area contributed by atoms with E-state index in [1.807, 2.05) is 35.9 Å². The lowest BCUT2D eigenvalue weighted by Crippen LogP contribution is -2.59. The fraction of sp³-hybridized carbons (Fsp3) is 0.464. The van der Waals surface area contributed by atoms with Gasteiger partial charge >= 0.3 is 0 Å². The molecule has 2 fully saturated rings. The summed E-state index contributed by atoms with van der Waals surface area (Å²) in [7, 11) is 3.61. The molecule has 39 heavy (non-hydrogen) atoms. The number of nitrogens with zero attached hydrogens (tertiary/aromatic N) is 5. The van der Waals surface area contributed by atoms with Crippen molar-refractivity contribution >= 4 is 30.5 Å². The summed E-state index contributed by atoms with van der Waals surface area (Å²) in [6.07, 6.45) is 8.99. The lowest BCUT2D eigenvalue weighted by atomic mass is 9.89. The normalized spacial score (nSPS) is 17.5. The number of nitrogens with two attached hydrogens (primary N) is 1. The number of aromatic nitrogens is 1. The topological polar surface area (TPSA) is 132 Å². The van der Waals surface area contributed by atoms with Crippen molar-refractivity contribution < 1.29 is 19.2 Å². The maximum absolute atomic E-state index is 13.0. The standard InChI is InChI=1S/C28H39N7O4/c1-5-6-7-24(33(4)20(2)8-11-27(38)31-18-36)25(32(3)19-37)17-34-13-23(14-34)28(39)35-15-22(16-35)21-9-10-26(29)30-12-21/h5-7,9-10,12,18-20,22-23H,1,8,11,13-17H2,2-4H3,(H2,29,30)(H,31,36,38)/b7-6-,25-24-. The molecule has 0 aromatic carbocycles. The summed E-state index contributed by atoms with van der Waals surface area (Å²) >= 11 is 0. The summed E-state index contributed by atoms with van der Waals surface area (Å²) in [6, 6.07) is 3.70. The number of imide groups is 1. The summed E-state index contributed by atoms with van der Waals surface area (Å²) in [5, 5.41) is 2.16. The van der Waals surface area contributed by atoms with E-state index in [4.69, 9.17) is 5.73 Å². The number of nitrogen functional groups attached to an aromatic ring is 1. The molecule has 11 nitrogen and oxygen atoms in total. The Bertz CT molecular complexity index is 1110. The fourth-order valence-electron chi connectivity index (χ4n) is 4.78. The van der Waals surface area contributed by atoms with Gasteiger partial charge in [-0.2, -0.15) is 0 Å². The number of carbonyl (C=O) groups excluding carboxylic acids is 4. The first-order chi connectivity index (χ1) is 18.7. The number of amides is 4. The molecule has 2 aliphatic rings. The minimum absolute atomic E-state index is 0.0525. The molecule has 1 unspecified atom stereocenters. The zero-order valence-corrected chi connectivity index (χ0v) is 23.0. The van der Waals surface area contributed by atoms with E-state index in [9.17, 15) is 19.2 Å². The molecule has 11 heteroatoms. The zero-order chi connectivity index (χ0) is 28.5. The maximum Gasteiger partial charge on any atom is 0.228 e. The van der Waals surface area contributed by atoms with Gasteiger partial charge < -0.3 is 20.4 Å². The molecular weight excluding hydrogens is 498 g/mol. The summed E-state index contributed by atoms with van der Waals surface area (Å²) < 4.78 is 0. The summed E-state index contributed by atoms with van der Waals surface area (Å²) in [6.45, 7) is 8.82. The Morgan fingerprint density at radius 3 is 2.54 bits per heavy atom. The zero-order valence-electron chi connectivity index (χ0n) is 23.0. The van der Waals surface area contributed by atoms with Crippen LogP contribution in [-0.4, -0.2) is 102 Å². The number of carbonyl (C=O) groups is 4. The second-order valence-electron chi connectivity index (χ2n) is 10.2. The van der Waals surface area contributed by atoms with Crippen molar-refractivity contribution in [1.29, 1.82) is 0 Å². The highest BCUT2D eigenvalue weighted by atomic mass is 16.2. The average molecular weight is 538 g/mol. The number of hydrogen-bond donors (Lipinski definition) is 2. The molecule has 0 saturated carbocycles. The predicted octanol–water partition coefficient (Wildman–Crippen LogP) is 0.937. The molecule has 0 bridgehead atoms. The number of likely N-dealkylation sites (N-methyl/N-ethyl adjacent to an activating group) is 2. The van der Waals surface area contributed by atoms with Gasteiger partial charge in [0.1, 0.15) is 5.82 Å². The van der Waals surface area contributed by atoms with Gasteiger partial charge in [0.15, 0.2) is 0 Å². The molecule has 3 N–H and O–H groups in total. The highest BCUT2D eigenvalue weighted by Gasteiger charge is 2.40. The van der Waals surface area contributed by atoms with Gasteiger partial charge in [0.2, 0.25) is 24.6 Å². The average Bonchev–Trinajstić information content (AvgIpc) is 2.87. The summed E-state index contributed by atoms with van der Waals surface area (Å²) in [5.41, 5.74) is 8.35. The number of likely N-dealkylation sites (tertiary alicyclic amines) is 2. The molecular formula is C28H39N7O4. The first kappa shape index (κ1) is 29.6. The number of nitrogens with one attached hydrogen (secondary N) is 1. The summed E-state index contributed by atoms with van der Waals surface area (Å²) in [5.74, 6) is 0.526. The number of rotatable bonds is 14. The first-order valence-electron chi connectivity index (χ1n) is 13.1. The van der Waals surface area contributed by atoms with Gasteiger partial charge in [0.05, 0.1) is 17.3 Å². The smallest absolute Gasteiger partial charge is 0.228 e. The largest absolute Gasteiger partial charge is 0.384 e. The second kappa shape index (κ2) is 13.7. The van der Waals surface area contributed by atoms with Crippen LogP contribution in [0.5, 0.6) is 0 Å². The molecule has 1 aromatic rings. The minimum atomic E-state index is -0.336. The van der Waals surface area contributed by atoms with E-state index in [0.29, 0.717) is 51.4 Å². The van der Waals surface area contributed by atoms with Crippen LogP contribution in [0, 0.1) is 5.92 Å². The Balaban J connectivity index is 1.62. The first-order valence-corrected chi connectivity index (χ1v) is 13.1. The van der Waals surface area contributed by atoms with E-state index in [1.54, 1.807) is 36.4 Å². The van der Waals surface area contributed by atoms with Crippen LogP contribution >= 0.6 is 0 Å². The van der Waals surface area contributed by atoms with Crippen molar-refractivity contribution in [2.45, 2.75) is 31.7 Å². The van der Waals surface area contributed by atoms with Crippen LogP contribution in [0.4, 0.5) is 5.82 Å². The molecule has 2 saturated heterocycles. The molecule has 3 heterocycles. The van der Waals surface area contributed by atoms with Gasteiger partial charge in [-0.1, -0.05) is 24.8 Å². The highest BCUT2D eigenvalue weighted by Crippen LogP contribution is 2.31. The van der Waals surface area contributed by atoms with Crippen LogP contribution in [0.1, 0.15) is 31.2 Å². The van der Waals surface area contributed by atoms with Gasteiger partial charge in [-0.25, -0.2) is 4.98 Å². The molecule has 210 valence electrons. The third-order valence-electron chi connectivity index (χ3n) is 7.47. The van der Waals surface area contributed by atoms with Gasteiger partial charge in [-0.3, -0.25) is 29.4 Å². The third kappa shape index (κ3) is 7.53. The maximum atomic E-state index is 13.0. The molecule has 1 aromatic heterocycles. The van der Waals surface area contributed by atoms with Crippen molar-refractivity contribution in [2.24, 2.45) is 5.92 Å². The number of hydrogen-bond acceptors (Lipinski definition) is 8. The van der Waals surface area contributed by atoms with Crippen molar-refractivity contribution in [3.05, 3.63) is 60.1 Å². The molecule has 0 radical (unpaired) electrons. The molecule has 3 rings (SSSR count).